The zero-order valence-electron chi connectivity index (χ0n) is 13.1. The maximum atomic E-state index is 12.5. The topological polar surface area (TPSA) is 90.0 Å². The van der Waals surface area contributed by atoms with Gasteiger partial charge in [-0.05, 0) is 38.5 Å². The van der Waals surface area contributed by atoms with Crippen molar-refractivity contribution in [2.24, 2.45) is 18.7 Å². The predicted octanol–water partition coefficient (Wildman–Crippen LogP) is 1.30. The maximum Gasteiger partial charge on any atom is 0.260 e. The second kappa shape index (κ2) is 6.06. The predicted molar refractivity (Wildman–Crippen MR) is 82.3 cm³/mol. The molecule has 0 bridgehead atoms. The Hall–Kier alpha value is -0.920. The molecule has 21 heavy (non-hydrogen) atoms. The van der Waals surface area contributed by atoms with Crippen molar-refractivity contribution in [1.29, 1.82) is 0 Å². The van der Waals surface area contributed by atoms with Gasteiger partial charge < -0.3 is 10.3 Å². The minimum atomic E-state index is -3.62. The van der Waals surface area contributed by atoms with E-state index in [1.807, 2.05) is 0 Å². The highest BCUT2D eigenvalue weighted by Gasteiger charge is 2.38. The van der Waals surface area contributed by atoms with Crippen LogP contribution in [0.15, 0.2) is 11.2 Å². The van der Waals surface area contributed by atoms with Crippen LogP contribution in [-0.2, 0) is 17.1 Å². The van der Waals surface area contributed by atoms with Crippen molar-refractivity contribution in [2.75, 3.05) is 6.54 Å². The van der Waals surface area contributed by atoms with Gasteiger partial charge in [-0.2, -0.15) is 0 Å². The molecule has 0 aromatic carbocycles. The summed E-state index contributed by atoms with van der Waals surface area (Å²) in [5.41, 5.74) is 5.38. The fourth-order valence-corrected chi connectivity index (χ4v) is 4.49. The van der Waals surface area contributed by atoms with E-state index in [9.17, 15) is 8.42 Å². The van der Waals surface area contributed by atoms with Crippen LogP contribution in [0.5, 0.6) is 0 Å². The van der Waals surface area contributed by atoms with Crippen molar-refractivity contribution >= 4 is 10.0 Å². The van der Waals surface area contributed by atoms with E-state index < -0.39 is 15.6 Å². The summed E-state index contributed by atoms with van der Waals surface area (Å²) in [4.78, 5) is 4.12. The number of hydrogen-bond donors (Lipinski definition) is 2. The van der Waals surface area contributed by atoms with E-state index >= 15 is 0 Å². The second-order valence-electron chi connectivity index (χ2n) is 6.18. The van der Waals surface area contributed by atoms with Gasteiger partial charge in [0.15, 0.2) is 5.03 Å². The summed E-state index contributed by atoms with van der Waals surface area (Å²) >= 11 is 0. The summed E-state index contributed by atoms with van der Waals surface area (Å²) in [5, 5.41) is 0.0768. The van der Waals surface area contributed by atoms with Crippen LogP contribution in [0.4, 0.5) is 0 Å². The van der Waals surface area contributed by atoms with Gasteiger partial charge in [-0.25, -0.2) is 18.1 Å². The van der Waals surface area contributed by atoms with Gasteiger partial charge in [0.1, 0.15) is 5.82 Å². The summed E-state index contributed by atoms with van der Waals surface area (Å²) in [7, 11) is -1.83. The molecule has 0 saturated heterocycles. The third-order valence-corrected chi connectivity index (χ3v) is 6.19. The molecule has 2 rings (SSSR count). The molecule has 6 nitrogen and oxygen atoms in total. The lowest BCUT2D eigenvalue weighted by molar-refractivity contribution is 0.217. The molecule has 1 fully saturated rings. The molecular weight excluding hydrogens is 288 g/mol. The second-order valence-corrected chi connectivity index (χ2v) is 7.81. The summed E-state index contributed by atoms with van der Waals surface area (Å²) in [6, 6.07) is 0. The highest BCUT2D eigenvalue weighted by atomic mass is 32.2. The van der Waals surface area contributed by atoms with Gasteiger partial charge in [-0.1, -0.05) is 13.3 Å². The number of nitrogens with two attached hydrogens (primary N) is 1. The average Bonchev–Trinajstić information content (AvgIpc) is 2.80. The molecule has 0 atom stereocenters. The number of nitrogens with one attached hydrogen (secondary N) is 1. The minimum Gasteiger partial charge on any atom is -0.337 e. The van der Waals surface area contributed by atoms with Crippen LogP contribution in [0.3, 0.4) is 0 Å². The van der Waals surface area contributed by atoms with Gasteiger partial charge in [0.2, 0.25) is 0 Å². The standard InChI is InChI=1S/C14H26N4O2S/c1-4-12-5-7-14(10-15,8-6-12)17-21(19,20)13-9-18(3)11(2)16-13/h9,12,17H,4-8,10,15H2,1-3H3. The van der Waals surface area contributed by atoms with Crippen LogP contribution >= 0.6 is 0 Å². The molecule has 0 unspecified atom stereocenters. The van der Waals surface area contributed by atoms with E-state index in [4.69, 9.17) is 5.73 Å². The Morgan fingerprint density at radius 1 is 1.48 bits per heavy atom. The summed E-state index contributed by atoms with van der Waals surface area (Å²) in [6.45, 7) is 4.29. The molecule has 0 spiro atoms. The fourth-order valence-electron chi connectivity index (χ4n) is 2.98. The Bertz CT molecular complexity index is 567. The lowest BCUT2D eigenvalue weighted by Gasteiger charge is -2.39. The highest BCUT2D eigenvalue weighted by molar-refractivity contribution is 7.89. The quantitative estimate of drug-likeness (QED) is 0.857. The van der Waals surface area contributed by atoms with Crippen LogP contribution < -0.4 is 10.5 Å². The Morgan fingerprint density at radius 2 is 2.10 bits per heavy atom. The van der Waals surface area contributed by atoms with Gasteiger partial charge in [0.25, 0.3) is 10.0 Å². The lowest BCUT2D eigenvalue weighted by Crippen LogP contribution is -2.55. The van der Waals surface area contributed by atoms with Crippen molar-refractivity contribution in [3.8, 4) is 0 Å². The Balaban J connectivity index is 2.18. The van der Waals surface area contributed by atoms with Gasteiger partial charge in [-0.15, -0.1) is 0 Å². The van der Waals surface area contributed by atoms with Crippen molar-refractivity contribution < 1.29 is 8.42 Å². The van der Waals surface area contributed by atoms with Gasteiger partial charge >= 0.3 is 0 Å². The van der Waals surface area contributed by atoms with Crippen molar-refractivity contribution in [3.63, 3.8) is 0 Å². The zero-order chi connectivity index (χ0) is 15.7. The lowest BCUT2D eigenvalue weighted by atomic mass is 9.76. The normalized spacial score (nSPS) is 27.0. The van der Waals surface area contributed by atoms with Crippen LogP contribution in [0, 0.1) is 12.8 Å². The SMILES string of the molecule is CCC1CCC(CN)(NS(=O)(=O)c2cn(C)c(C)n2)CC1. The number of aromatic nitrogens is 2. The molecule has 0 aliphatic heterocycles. The summed E-state index contributed by atoms with van der Waals surface area (Å²) < 4.78 is 29.6. The molecule has 120 valence electrons. The molecule has 1 aliphatic rings. The molecule has 1 aliphatic carbocycles. The summed E-state index contributed by atoms with van der Waals surface area (Å²) in [5.74, 6) is 1.36. The third-order valence-electron chi connectivity index (χ3n) is 4.74. The fraction of sp³-hybridized carbons (Fsp3) is 0.786. The molecule has 1 saturated carbocycles. The zero-order valence-corrected chi connectivity index (χ0v) is 13.9. The Morgan fingerprint density at radius 3 is 2.52 bits per heavy atom. The number of rotatable bonds is 5. The van der Waals surface area contributed by atoms with E-state index in [2.05, 4.69) is 16.6 Å². The van der Waals surface area contributed by atoms with Crippen molar-refractivity contribution in [3.05, 3.63) is 12.0 Å². The van der Waals surface area contributed by atoms with E-state index in [-0.39, 0.29) is 5.03 Å². The third kappa shape index (κ3) is 3.46. The van der Waals surface area contributed by atoms with Crippen LogP contribution in [0.1, 0.15) is 44.9 Å². The van der Waals surface area contributed by atoms with Crippen molar-refractivity contribution in [2.45, 2.75) is 56.5 Å². The molecule has 3 N–H and O–H groups in total. The van der Waals surface area contributed by atoms with Crippen LogP contribution in [-0.4, -0.2) is 30.1 Å². The highest BCUT2D eigenvalue weighted by Crippen LogP contribution is 2.34. The monoisotopic (exact) mass is 314 g/mol. The molecule has 1 aromatic rings. The summed E-state index contributed by atoms with van der Waals surface area (Å²) in [6.07, 6.45) is 6.33. The van der Waals surface area contributed by atoms with E-state index in [1.165, 1.54) is 0 Å². The largest absolute Gasteiger partial charge is 0.337 e. The molecule has 1 aromatic heterocycles. The molecule has 7 heteroatoms. The van der Waals surface area contributed by atoms with Crippen molar-refractivity contribution in [1.82, 2.24) is 14.3 Å². The van der Waals surface area contributed by atoms with Gasteiger partial charge in [0, 0.05) is 25.3 Å². The van der Waals surface area contributed by atoms with Gasteiger partial charge in [0.05, 0.1) is 0 Å². The maximum absolute atomic E-state index is 12.5. The average molecular weight is 314 g/mol. The molecule has 0 radical (unpaired) electrons. The molecule has 0 amide bonds. The van der Waals surface area contributed by atoms with Crippen LogP contribution in [0.25, 0.3) is 0 Å². The first kappa shape index (κ1) is 16.5. The minimum absolute atomic E-state index is 0.0768. The van der Waals surface area contributed by atoms with E-state index in [1.54, 1.807) is 24.7 Å². The molecular formula is C14H26N4O2S. The number of sulfonamides is 1. The number of nitrogens with zero attached hydrogens (tertiary/aromatic N) is 2. The Labute approximate surface area is 127 Å². The first-order valence-corrected chi connectivity index (χ1v) is 9.04. The van der Waals surface area contributed by atoms with E-state index in [0.717, 1.165) is 32.1 Å². The van der Waals surface area contributed by atoms with Crippen LogP contribution in [0.2, 0.25) is 0 Å². The first-order valence-electron chi connectivity index (χ1n) is 7.56. The van der Waals surface area contributed by atoms with E-state index in [0.29, 0.717) is 18.3 Å². The van der Waals surface area contributed by atoms with Gasteiger partial charge in [-0.3, -0.25) is 0 Å². The first-order chi connectivity index (χ1) is 9.82. The number of hydrogen-bond acceptors (Lipinski definition) is 4. The Kier molecular flexibility index (Phi) is 4.75. The number of aryl methyl sites for hydroxylation is 2. The number of imidazole rings is 1. The molecule has 1 heterocycles. The smallest absolute Gasteiger partial charge is 0.260 e.